The van der Waals surface area contributed by atoms with E-state index in [-0.39, 0.29) is 34.3 Å². The highest BCUT2D eigenvalue weighted by atomic mass is 35.5. The molecule has 3 fully saturated rings. The van der Waals surface area contributed by atoms with Crippen LogP contribution in [0.4, 0.5) is 8.78 Å². The first kappa shape index (κ1) is 23.7. The molecule has 3 aliphatic carbocycles. The molecule has 1 aromatic rings. The highest BCUT2D eigenvalue weighted by molar-refractivity contribution is 6.31. The van der Waals surface area contributed by atoms with Gasteiger partial charge in [-0.3, -0.25) is 9.59 Å². The third kappa shape index (κ3) is 3.12. The standard InChI is InChI=1S/C26H32ClF2N3O2/c27-21-16(17(28)5-6-18(21)29)15-26(23(31)34)20-8-7-19(24(20)10-11-24)25(26,22(30)33)9-1-2-12-32-13-3-4-14-32/h5-8,19-20H,1-4,9-15H2,(H2,30,33)(H2,31,34)/t19-,20+,25+,26+/m1/s1. The van der Waals surface area contributed by atoms with E-state index in [1.54, 1.807) is 0 Å². The van der Waals surface area contributed by atoms with E-state index in [1.165, 1.54) is 12.8 Å². The zero-order chi connectivity index (χ0) is 24.3. The van der Waals surface area contributed by atoms with Crippen molar-refractivity contribution in [1.82, 2.24) is 4.90 Å². The second-order valence-electron chi connectivity index (χ2n) is 10.7. The van der Waals surface area contributed by atoms with Gasteiger partial charge in [0.1, 0.15) is 11.6 Å². The Morgan fingerprint density at radius 1 is 0.971 bits per heavy atom. The summed E-state index contributed by atoms with van der Waals surface area (Å²) in [6.07, 6.45) is 9.80. The van der Waals surface area contributed by atoms with Crippen molar-refractivity contribution in [3.63, 3.8) is 0 Å². The van der Waals surface area contributed by atoms with E-state index in [0.717, 1.165) is 51.0 Å². The lowest BCUT2D eigenvalue weighted by Gasteiger charge is -2.48. The van der Waals surface area contributed by atoms with Gasteiger partial charge in [0, 0.05) is 5.56 Å². The van der Waals surface area contributed by atoms with Crippen LogP contribution in [0.3, 0.4) is 0 Å². The Hall–Kier alpha value is -1.99. The Balaban J connectivity index is 1.56. The molecule has 0 aromatic heterocycles. The summed E-state index contributed by atoms with van der Waals surface area (Å²) in [4.78, 5) is 29.2. The SMILES string of the molecule is NC(=O)[C@]1(CCCCN2CCCC2)[C@@H]2C=C[C@@H](C23CC3)[C@@]1(Cc1c(F)ccc(F)c1Cl)C(N)=O. The molecule has 5 rings (SSSR count). The van der Waals surface area contributed by atoms with Crippen molar-refractivity contribution in [2.24, 2.45) is 39.5 Å². The summed E-state index contributed by atoms with van der Waals surface area (Å²) in [5, 5.41) is -0.371. The molecule has 4 atom stereocenters. The molecule has 0 radical (unpaired) electrons. The molecule has 5 nitrogen and oxygen atoms in total. The molecule has 4 aliphatic rings. The van der Waals surface area contributed by atoms with Gasteiger partial charge in [0.25, 0.3) is 0 Å². The molecule has 1 aromatic carbocycles. The number of carbonyl (C=O) groups is 2. The van der Waals surface area contributed by atoms with Crippen LogP contribution in [0.15, 0.2) is 24.3 Å². The fourth-order valence-corrected chi connectivity index (χ4v) is 8.01. The highest BCUT2D eigenvalue weighted by Crippen LogP contribution is 2.81. The maximum atomic E-state index is 15.0. The van der Waals surface area contributed by atoms with E-state index < -0.39 is 34.3 Å². The first-order valence-corrected chi connectivity index (χ1v) is 12.7. The van der Waals surface area contributed by atoms with Gasteiger partial charge in [0.05, 0.1) is 15.9 Å². The molecule has 8 heteroatoms. The predicted molar refractivity (Wildman–Crippen MR) is 126 cm³/mol. The number of primary amides is 2. The third-order valence-electron chi connectivity index (χ3n) is 9.39. The molecular formula is C26H32ClF2N3O2. The summed E-state index contributed by atoms with van der Waals surface area (Å²) in [6.45, 7) is 3.10. The van der Waals surface area contributed by atoms with Crippen LogP contribution in [-0.2, 0) is 16.0 Å². The smallest absolute Gasteiger partial charge is 0.225 e. The Bertz CT molecular complexity index is 1050. The topological polar surface area (TPSA) is 89.4 Å². The van der Waals surface area contributed by atoms with Crippen LogP contribution >= 0.6 is 11.6 Å². The van der Waals surface area contributed by atoms with Crippen LogP contribution in [0, 0.1) is 39.7 Å². The molecule has 34 heavy (non-hydrogen) atoms. The first-order chi connectivity index (χ1) is 16.2. The summed E-state index contributed by atoms with van der Waals surface area (Å²) >= 11 is 6.20. The van der Waals surface area contributed by atoms with Gasteiger partial charge >= 0.3 is 0 Å². The second kappa shape index (κ2) is 8.30. The summed E-state index contributed by atoms with van der Waals surface area (Å²) in [5.41, 5.74) is 9.18. The molecule has 1 heterocycles. The van der Waals surface area contributed by atoms with Gasteiger partial charge in [-0.25, -0.2) is 8.78 Å². The number of nitrogens with zero attached hydrogens (tertiary/aromatic N) is 1. The predicted octanol–water partition coefficient (Wildman–Crippen LogP) is 3.97. The van der Waals surface area contributed by atoms with E-state index in [2.05, 4.69) is 4.90 Å². The number of allylic oxidation sites excluding steroid dienone is 2. The number of benzene rings is 1. The molecule has 1 saturated heterocycles. The normalized spacial score (nSPS) is 33.1. The Morgan fingerprint density at radius 2 is 1.56 bits per heavy atom. The van der Waals surface area contributed by atoms with Crippen molar-refractivity contribution in [2.75, 3.05) is 19.6 Å². The number of likely N-dealkylation sites (tertiary alicyclic amines) is 1. The fraction of sp³-hybridized carbons (Fsp3) is 0.615. The Kier molecular flexibility index (Phi) is 5.79. The number of hydrogen-bond donors (Lipinski definition) is 2. The van der Waals surface area contributed by atoms with Crippen molar-refractivity contribution in [1.29, 1.82) is 0 Å². The molecule has 4 N–H and O–H groups in total. The maximum Gasteiger partial charge on any atom is 0.225 e. The van der Waals surface area contributed by atoms with E-state index in [1.807, 2.05) is 12.2 Å². The first-order valence-electron chi connectivity index (χ1n) is 12.3. The Labute approximate surface area is 203 Å². The molecule has 184 valence electrons. The average Bonchev–Trinajstić information content (AvgIpc) is 3.17. The highest BCUT2D eigenvalue weighted by Gasteiger charge is 2.82. The fourth-order valence-electron chi connectivity index (χ4n) is 7.79. The van der Waals surface area contributed by atoms with Crippen LogP contribution in [0.2, 0.25) is 5.02 Å². The molecule has 1 aliphatic heterocycles. The minimum Gasteiger partial charge on any atom is -0.369 e. The van der Waals surface area contributed by atoms with E-state index in [0.29, 0.717) is 12.8 Å². The minimum absolute atomic E-state index is 0.111. The molecule has 2 bridgehead atoms. The summed E-state index contributed by atoms with van der Waals surface area (Å²) in [7, 11) is 0. The Morgan fingerprint density at radius 3 is 2.15 bits per heavy atom. The van der Waals surface area contributed by atoms with Gasteiger partial charge in [-0.05, 0) is 94.0 Å². The van der Waals surface area contributed by atoms with Gasteiger partial charge in [-0.15, -0.1) is 0 Å². The average molecular weight is 492 g/mol. The van der Waals surface area contributed by atoms with Gasteiger partial charge in [0.2, 0.25) is 11.8 Å². The van der Waals surface area contributed by atoms with Crippen molar-refractivity contribution >= 4 is 23.4 Å². The number of halogens is 3. The van der Waals surface area contributed by atoms with Crippen molar-refractivity contribution < 1.29 is 18.4 Å². The number of nitrogens with two attached hydrogens (primary N) is 2. The van der Waals surface area contributed by atoms with Crippen LogP contribution in [0.25, 0.3) is 0 Å². The van der Waals surface area contributed by atoms with Crippen molar-refractivity contribution in [2.45, 2.75) is 51.4 Å². The van der Waals surface area contributed by atoms with E-state index >= 15 is 0 Å². The summed E-state index contributed by atoms with van der Waals surface area (Å²) in [6, 6.07) is 1.96. The number of unbranched alkanes of at least 4 members (excludes halogenated alkanes) is 1. The van der Waals surface area contributed by atoms with Crippen LogP contribution in [0.5, 0.6) is 0 Å². The number of amides is 2. The molecule has 2 amide bonds. The zero-order valence-electron chi connectivity index (χ0n) is 19.3. The lowest BCUT2D eigenvalue weighted by Crippen LogP contribution is -2.60. The van der Waals surface area contributed by atoms with Gasteiger partial charge in [-0.2, -0.15) is 0 Å². The largest absolute Gasteiger partial charge is 0.369 e. The number of carbonyl (C=O) groups excluding carboxylic acids is 2. The molecule has 1 spiro atoms. The van der Waals surface area contributed by atoms with Crippen LogP contribution < -0.4 is 11.5 Å². The van der Waals surface area contributed by atoms with Gasteiger partial charge in [-0.1, -0.05) is 30.2 Å². The summed E-state index contributed by atoms with van der Waals surface area (Å²) < 4.78 is 29.3. The van der Waals surface area contributed by atoms with Gasteiger partial charge in [0.15, 0.2) is 0 Å². The number of hydrogen-bond acceptors (Lipinski definition) is 3. The third-order valence-corrected chi connectivity index (χ3v) is 9.80. The van der Waals surface area contributed by atoms with E-state index in [9.17, 15) is 18.4 Å². The molecule has 2 saturated carbocycles. The maximum absolute atomic E-state index is 15.0. The lowest BCUT2D eigenvalue weighted by atomic mass is 9.53. The van der Waals surface area contributed by atoms with Crippen LogP contribution in [0.1, 0.15) is 50.5 Å². The summed E-state index contributed by atoms with van der Waals surface area (Å²) in [5.74, 6) is -3.34. The quantitative estimate of drug-likeness (QED) is 0.311. The van der Waals surface area contributed by atoms with Crippen molar-refractivity contribution in [3.05, 3.63) is 46.5 Å². The minimum atomic E-state index is -1.46. The second-order valence-corrected chi connectivity index (χ2v) is 11.1. The van der Waals surface area contributed by atoms with E-state index in [4.69, 9.17) is 23.1 Å². The zero-order valence-corrected chi connectivity index (χ0v) is 20.1. The lowest BCUT2D eigenvalue weighted by molar-refractivity contribution is -0.151. The van der Waals surface area contributed by atoms with Crippen molar-refractivity contribution in [3.8, 4) is 0 Å². The number of rotatable bonds is 9. The molecule has 0 unspecified atom stereocenters. The van der Waals surface area contributed by atoms with Gasteiger partial charge < -0.3 is 16.4 Å². The molecular weight excluding hydrogens is 460 g/mol. The van der Waals surface area contributed by atoms with Crippen LogP contribution in [-0.4, -0.2) is 36.3 Å². The monoisotopic (exact) mass is 491 g/mol.